The van der Waals surface area contributed by atoms with Crippen LogP contribution in [0, 0.1) is 11.8 Å². The van der Waals surface area contributed by atoms with Gasteiger partial charge in [-0.15, -0.1) is 11.3 Å². The summed E-state index contributed by atoms with van der Waals surface area (Å²) in [5.41, 5.74) is 1.51. The first-order chi connectivity index (χ1) is 18.8. The van der Waals surface area contributed by atoms with Crippen LogP contribution in [-0.2, 0) is 22.6 Å². The van der Waals surface area contributed by atoms with Crippen LogP contribution >= 0.6 is 22.9 Å². The van der Waals surface area contributed by atoms with Crippen molar-refractivity contribution in [2.45, 2.75) is 63.2 Å². The molecule has 5 atom stereocenters. The maximum Gasteiger partial charge on any atom is 0.280 e. The molecule has 3 aliphatic heterocycles. The SMILES string of the molecule is CN1CCc2nc(C(=O)N[C@@H]3CC(C(=O)N4CCCC4)CC[C@@H]3NC(=O)C3=CC4C=C(Cl)C=CC4N3)sc2C1. The quantitative estimate of drug-likeness (QED) is 0.502. The van der Waals surface area contributed by atoms with E-state index < -0.39 is 0 Å². The Morgan fingerprint density at radius 3 is 2.69 bits per heavy atom. The van der Waals surface area contributed by atoms with Crippen LogP contribution in [-0.4, -0.2) is 77.3 Å². The largest absolute Gasteiger partial charge is 0.374 e. The molecule has 0 radical (unpaired) electrons. The highest BCUT2D eigenvalue weighted by Gasteiger charge is 2.39. The Morgan fingerprint density at radius 1 is 1.08 bits per heavy atom. The molecule has 5 aliphatic rings. The van der Waals surface area contributed by atoms with Crippen LogP contribution in [0.25, 0.3) is 0 Å². The molecular weight excluding hydrogens is 536 g/mol. The molecule has 2 aliphatic carbocycles. The van der Waals surface area contributed by atoms with E-state index in [-0.39, 0.29) is 47.7 Å². The van der Waals surface area contributed by atoms with Gasteiger partial charge in [0.1, 0.15) is 0 Å². The van der Waals surface area contributed by atoms with Crippen molar-refractivity contribution in [3.63, 3.8) is 0 Å². The zero-order valence-electron chi connectivity index (χ0n) is 22.1. The van der Waals surface area contributed by atoms with Crippen LogP contribution in [0.1, 0.15) is 52.5 Å². The van der Waals surface area contributed by atoms with Crippen molar-refractivity contribution in [1.29, 1.82) is 0 Å². The van der Waals surface area contributed by atoms with E-state index in [2.05, 4.69) is 32.9 Å². The minimum absolute atomic E-state index is 0.00699. The molecule has 1 saturated heterocycles. The van der Waals surface area contributed by atoms with Crippen LogP contribution in [0.3, 0.4) is 0 Å². The van der Waals surface area contributed by atoms with Gasteiger partial charge in [0.15, 0.2) is 5.01 Å². The van der Waals surface area contributed by atoms with E-state index in [1.807, 2.05) is 29.2 Å². The number of carbonyl (C=O) groups is 3. The summed E-state index contributed by atoms with van der Waals surface area (Å²) >= 11 is 7.59. The molecule has 1 aromatic heterocycles. The standard InChI is InChI=1S/C28H35ClN6O3S/c1-34-11-8-21-24(15-34)39-27(33-21)26(37)32-22-13-16(28(38)35-9-2-3-10-35)4-6-20(22)31-25(36)23-14-17-12-18(29)5-7-19(17)30-23/h5,7,12,14,16-17,19-20,22,30H,2-4,6,8-11,13,15H2,1H3,(H,31,36)(H,32,37)/t16?,17?,19?,20-,22+/m0/s1. The predicted molar refractivity (Wildman–Crippen MR) is 150 cm³/mol. The highest BCUT2D eigenvalue weighted by atomic mass is 35.5. The fraction of sp³-hybridized carbons (Fsp3) is 0.571. The Morgan fingerprint density at radius 2 is 1.87 bits per heavy atom. The summed E-state index contributed by atoms with van der Waals surface area (Å²) in [5, 5.41) is 10.7. The van der Waals surface area contributed by atoms with Gasteiger partial charge < -0.3 is 25.8 Å². The van der Waals surface area contributed by atoms with Gasteiger partial charge in [-0.1, -0.05) is 23.8 Å². The van der Waals surface area contributed by atoms with E-state index >= 15 is 0 Å². The van der Waals surface area contributed by atoms with E-state index in [9.17, 15) is 14.4 Å². The third-order valence-corrected chi connectivity index (χ3v) is 9.85. The topological polar surface area (TPSA) is 107 Å². The van der Waals surface area contributed by atoms with Gasteiger partial charge in [-0.2, -0.15) is 0 Å². The molecule has 0 spiro atoms. The minimum Gasteiger partial charge on any atom is -0.374 e. The Labute approximate surface area is 237 Å². The molecule has 6 rings (SSSR count). The normalized spacial score (nSPS) is 30.1. The molecule has 0 bridgehead atoms. The second kappa shape index (κ2) is 11.1. The second-order valence-corrected chi connectivity index (χ2v) is 12.8. The number of carbonyl (C=O) groups excluding carboxylic acids is 3. The van der Waals surface area contributed by atoms with Crippen LogP contribution < -0.4 is 16.0 Å². The Hall–Kier alpha value is -2.69. The molecule has 11 heteroatoms. The van der Waals surface area contributed by atoms with Crippen molar-refractivity contribution >= 4 is 40.7 Å². The zero-order chi connectivity index (χ0) is 27.1. The summed E-state index contributed by atoms with van der Waals surface area (Å²) < 4.78 is 0. The van der Waals surface area contributed by atoms with Gasteiger partial charge in [0.25, 0.3) is 11.8 Å². The molecule has 39 heavy (non-hydrogen) atoms. The molecule has 208 valence electrons. The van der Waals surface area contributed by atoms with Gasteiger partial charge in [0.2, 0.25) is 5.91 Å². The molecule has 4 heterocycles. The lowest BCUT2D eigenvalue weighted by molar-refractivity contribution is -0.135. The van der Waals surface area contributed by atoms with E-state index in [1.165, 1.54) is 11.3 Å². The average molecular weight is 571 g/mol. The number of hydrogen-bond donors (Lipinski definition) is 3. The lowest BCUT2D eigenvalue weighted by Gasteiger charge is -2.37. The molecule has 2 fully saturated rings. The summed E-state index contributed by atoms with van der Waals surface area (Å²) in [5.74, 6) is -0.399. The van der Waals surface area contributed by atoms with Crippen LogP contribution in [0.15, 0.2) is 35.0 Å². The predicted octanol–water partition coefficient (Wildman–Crippen LogP) is 2.30. The fourth-order valence-electron chi connectivity index (χ4n) is 6.34. The minimum atomic E-state index is -0.367. The molecule has 3 amide bonds. The molecule has 0 aromatic carbocycles. The van der Waals surface area contributed by atoms with Gasteiger partial charge >= 0.3 is 0 Å². The van der Waals surface area contributed by atoms with Crippen molar-refractivity contribution in [2.75, 3.05) is 26.7 Å². The number of thiazole rings is 1. The van der Waals surface area contributed by atoms with Gasteiger partial charge in [0.05, 0.1) is 23.5 Å². The van der Waals surface area contributed by atoms with Gasteiger partial charge in [-0.05, 0) is 51.3 Å². The summed E-state index contributed by atoms with van der Waals surface area (Å²) in [6.07, 6.45) is 12.4. The summed E-state index contributed by atoms with van der Waals surface area (Å²) in [4.78, 5) is 49.9. The molecule has 3 N–H and O–H groups in total. The number of likely N-dealkylation sites (tertiary alicyclic amines) is 1. The number of hydrogen-bond acceptors (Lipinski definition) is 7. The van der Waals surface area contributed by atoms with Crippen LogP contribution in [0.2, 0.25) is 0 Å². The first kappa shape index (κ1) is 26.5. The maximum atomic E-state index is 13.4. The number of fused-ring (bicyclic) bond motifs is 2. The monoisotopic (exact) mass is 570 g/mol. The molecule has 1 saturated carbocycles. The Bertz CT molecular complexity index is 1250. The van der Waals surface area contributed by atoms with Gasteiger partial charge in [0, 0.05) is 60.4 Å². The zero-order valence-corrected chi connectivity index (χ0v) is 23.7. The van der Waals surface area contributed by atoms with Gasteiger partial charge in [-0.3, -0.25) is 14.4 Å². The first-order valence-corrected chi connectivity index (χ1v) is 15.1. The number of rotatable bonds is 5. The van der Waals surface area contributed by atoms with Crippen molar-refractivity contribution in [3.8, 4) is 0 Å². The average Bonchev–Trinajstić information content (AvgIpc) is 3.68. The van der Waals surface area contributed by atoms with Crippen molar-refractivity contribution in [3.05, 3.63) is 50.6 Å². The van der Waals surface area contributed by atoms with Crippen molar-refractivity contribution < 1.29 is 14.4 Å². The number of amides is 3. The van der Waals surface area contributed by atoms with Crippen LogP contribution in [0.5, 0.6) is 0 Å². The third-order valence-electron chi connectivity index (χ3n) is 8.52. The molecule has 3 unspecified atom stereocenters. The second-order valence-electron chi connectivity index (χ2n) is 11.3. The summed E-state index contributed by atoms with van der Waals surface area (Å²) in [6.45, 7) is 3.34. The number of nitrogens with zero attached hydrogens (tertiary/aromatic N) is 3. The van der Waals surface area contributed by atoms with Crippen molar-refractivity contribution in [2.24, 2.45) is 11.8 Å². The van der Waals surface area contributed by atoms with E-state index in [0.29, 0.717) is 35.0 Å². The maximum absolute atomic E-state index is 13.4. The van der Waals surface area contributed by atoms with Crippen molar-refractivity contribution in [1.82, 2.24) is 30.7 Å². The fourth-order valence-corrected chi connectivity index (χ4v) is 7.65. The Kier molecular flexibility index (Phi) is 7.52. The number of allylic oxidation sites excluding steroid dienone is 2. The van der Waals surface area contributed by atoms with Gasteiger partial charge in [-0.25, -0.2) is 4.98 Å². The molecule has 9 nitrogen and oxygen atoms in total. The third kappa shape index (κ3) is 5.64. The molecule has 1 aromatic rings. The van der Waals surface area contributed by atoms with E-state index in [0.717, 1.165) is 56.0 Å². The number of aromatic nitrogens is 1. The highest BCUT2D eigenvalue weighted by Crippen LogP contribution is 2.31. The smallest absolute Gasteiger partial charge is 0.280 e. The lowest BCUT2D eigenvalue weighted by Crippen LogP contribution is -2.56. The van der Waals surface area contributed by atoms with Crippen LogP contribution in [0.4, 0.5) is 0 Å². The molecular formula is C28H35ClN6O3S. The van der Waals surface area contributed by atoms with E-state index in [1.54, 1.807) is 0 Å². The highest BCUT2D eigenvalue weighted by molar-refractivity contribution is 7.13. The number of nitrogens with one attached hydrogen (secondary N) is 3. The Balaban J connectivity index is 1.17. The summed E-state index contributed by atoms with van der Waals surface area (Å²) in [6, 6.07) is -0.647. The first-order valence-electron chi connectivity index (χ1n) is 14.0. The number of likely N-dealkylation sites (N-methyl/N-ethyl adjacent to an activating group) is 1. The number of halogens is 1. The lowest BCUT2D eigenvalue weighted by atomic mass is 9.81. The van der Waals surface area contributed by atoms with E-state index in [4.69, 9.17) is 11.6 Å². The summed E-state index contributed by atoms with van der Waals surface area (Å²) in [7, 11) is 2.07.